The van der Waals surface area contributed by atoms with Gasteiger partial charge in [-0.1, -0.05) is 24.6 Å². The molecule has 2 N–H and O–H groups in total. The molecule has 0 bridgehead atoms. The molecule has 0 spiro atoms. The largest absolute Gasteiger partial charge is 0.480 e. The number of benzene rings is 1. The monoisotopic (exact) mass is 281 g/mol. The van der Waals surface area contributed by atoms with Gasteiger partial charge in [-0.15, -0.1) is 11.8 Å². The molecule has 0 aliphatic carbocycles. The van der Waals surface area contributed by atoms with Crippen LogP contribution < -0.4 is 5.32 Å². The fourth-order valence-corrected chi connectivity index (χ4v) is 2.76. The van der Waals surface area contributed by atoms with Gasteiger partial charge in [-0.3, -0.25) is 4.79 Å². The van der Waals surface area contributed by atoms with Gasteiger partial charge in [0, 0.05) is 4.90 Å². The van der Waals surface area contributed by atoms with Crippen molar-refractivity contribution in [2.75, 3.05) is 12.3 Å². The van der Waals surface area contributed by atoms with E-state index < -0.39 is 11.5 Å². The SMILES string of the molecule is CCNC(C)(CCCSc1ccc(C)cc1)C(=O)O. The molecule has 0 radical (unpaired) electrons. The number of hydrogen-bond acceptors (Lipinski definition) is 3. The summed E-state index contributed by atoms with van der Waals surface area (Å²) in [6, 6.07) is 8.42. The van der Waals surface area contributed by atoms with Gasteiger partial charge in [0.05, 0.1) is 0 Å². The van der Waals surface area contributed by atoms with E-state index in [9.17, 15) is 9.90 Å². The first-order valence-corrected chi connectivity index (χ1v) is 7.64. The molecule has 0 fully saturated rings. The molecular weight excluding hydrogens is 258 g/mol. The molecule has 0 aromatic heterocycles. The van der Waals surface area contributed by atoms with E-state index in [2.05, 4.69) is 36.5 Å². The normalized spacial score (nSPS) is 14.1. The van der Waals surface area contributed by atoms with Crippen LogP contribution in [0, 0.1) is 6.92 Å². The smallest absolute Gasteiger partial charge is 0.323 e. The Morgan fingerprint density at radius 2 is 2.00 bits per heavy atom. The van der Waals surface area contributed by atoms with Crippen molar-refractivity contribution in [1.29, 1.82) is 0 Å². The van der Waals surface area contributed by atoms with Crippen LogP contribution in [0.1, 0.15) is 32.3 Å². The molecule has 0 saturated heterocycles. The van der Waals surface area contributed by atoms with E-state index in [1.165, 1.54) is 10.5 Å². The fourth-order valence-electron chi connectivity index (χ4n) is 1.91. The average molecular weight is 281 g/mol. The molecule has 1 atom stereocenters. The molecule has 1 aromatic carbocycles. The minimum absolute atomic E-state index is 0.648. The highest BCUT2D eigenvalue weighted by Gasteiger charge is 2.30. The molecule has 0 saturated carbocycles. The molecule has 1 rings (SSSR count). The number of carboxylic acids is 1. The first-order valence-electron chi connectivity index (χ1n) is 6.66. The third kappa shape index (κ3) is 5.25. The Bertz CT molecular complexity index is 405. The Morgan fingerprint density at radius 1 is 1.37 bits per heavy atom. The maximum Gasteiger partial charge on any atom is 0.323 e. The number of carbonyl (C=O) groups is 1. The molecule has 0 amide bonds. The molecule has 0 aliphatic heterocycles. The molecule has 3 nitrogen and oxygen atoms in total. The number of likely N-dealkylation sites (N-methyl/N-ethyl adjacent to an activating group) is 1. The number of carboxylic acid groups (broad SMARTS) is 1. The second kappa shape index (κ2) is 7.56. The summed E-state index contributed by atoms with van der Waals surface area (Å²) < 4.78 is 0. The van der Waals surface area contributed by atoms with Crippen molar-refractivity contribution < 1.29 is 9.90 Å². The van der Waals surface area contributed by atoms with Crippen molar-refractivity contribution in [2.24, 2.45) is 0 Å². The lowest BCUT2D eigenvalue weighted by atomic mass is 9.96. The zero-order chi connectivity index (χ0) is 14.3. The van der Waals surface area contributed by atoms with E-state index in [1.54, 1.807) is 18.7 Å². The van der Waals surface area contributed by atoms with Gasteiger partial charge in [0.25, 0.3) is 0 Å². The highest BCUT2D eigenvalue weighted by Crippen LogP contribution is 2.22. The third-order valence-electron chi connectivity index (χ3n) is 3.15. The van der Waals surface area contributed by atoms with E-state index in [0.717, 1.165) is 12.2 Å². The van der Waals surface area contributed by atoms with Crippen molar-refractivity contribution in [3.05, 3.63) is 29.8 Å². The van der Waals surface area contributed by atoms with Gasteiger partial charge < -0.3 is 10.4 Å². The number of rotatable bonds is 8. The molecule has 19 heavy (non-hydrogen) atoms. The Hall–Kier alpha value is -1.00. The molecular formula is C15H23NO2S. The van der Waals surface area contributed by atoms with Crippen LogP contribution in [0.15, 0.2) is 29.2 Å². The second-order valence-corrected chi connectivity index (χ2v) is 6.10. The zero-order valence-corrected chi connectivity index (χ0v) is 12.7. The number of thioether (sulfide) groups is 1. The van der Waals surface area contributed by atoms with Crippen LogP contribution >= 0.6 is 11.8 Å². The Balaban J connectivity index is 2.36. The summed E-state index contributed by atoms with van der Waals surface area (Å²) in [5.41, 5.74) is 0.456. The maximum atomic E-state index is 11.2. The highest BCUT2D eigenvalue weighted by atomic mass is 32.2. The Kier molecular flexibility index (Phi) is 6.38. The number of aryl methyl sites for hydroxylation is 1. The minimum atomic E-state index is -0.803. The van der Waals surface area contributed by atoms with Crippen LogP contribution in [-0.4, -0.2) is 28.9 Å². The van der Waals surface area contributed by atoms with Gasteiger partial charge in [-0.05, 0) is 51.1 Å². The fraction of sp³-hybridized carbons (Fsp3) is 0.533. The number of aliphatic carboxylic acids is 1. The summed E-state index contributed by atoms with van der Waals surface area (Å²) in [5, 5.41) is 12.3. The van der Waals surface area contributed by atoms with Crippen LogP contribution in [0.3, 0.4) is 0 Å². The van der Waals surface area contributed by atoms with E-state index in [1.807, 2.05) is 6.92 Å². The number of hydrogen-bond donors (Lipinski definition) is 2. The van der Waals surface area contributed by atoms with E-state index >= 15 is 0 Å². The summed E-state index contributed by atoms with van der Waals surface area (Å²) in [7, 11) is 0. The lowest BCUT2D eigenvalue weighted by molar-refractivity contribution is -0.144. The van der Waals surface area contributed by atoms with Crippen LogP contribution in [0.2, 0.25) is 0 Å². The Labute approximate surface area is 119 Å². The minimum Gasteiger partial charge on any atom is -0.480 e. The van der Waals surface area contributed by atoms with Crippen LogP contribution in [0.5, 0.6) is 0 Å². The quantitative estimate of drug-likeness (QED) is 0.567. The van der Waals surface area contributed by atoms with Crippen molar-refractivity contribution >= 4 is 17.7 Å². The summed E-state index contributed by atoms with van der Waals surface area (Å²) in [5.74, 6) is 0.173. The molecule has 1 unspecified atom stereocenters. The van der Waals surface area contributed by atoms with Gasteiger partial charge in [-0.25, -0.2) is 0 Å². The highest BCUT2D eigenvalue weighted by molar-refractivity contribution is 7.99. The molecule has 106 valence electrons. The maximum absolute atomic E-state index is 11.2. The summed E-state index contributed by atoms with van der Waals surface area (Å²) >= 11 is 1.78. The van der Waals surface area contributed by atoms with Crippen LogP contribution in [0.25, 0.3) is 0 Å². The van der Waals surface area contributed by atoms with E-state index in [0.29, 0.717) is 13.0 Å². The van der Waals surface area contributed by atoms with Crippen LogP contribution in [0.4, 0.5) is 0 Å². The van der Waals surface area contributed by atoms with Gasteiger partial charge in [0.15, 0.2) is 0 Å². The average Bonchev–Trinajstić information content (AvgIpc) is 2.37. The van der Waals surface area contributed by atoms with Gasteiger partial charge in [0.2, 0.25) is 0 Å². The Morgan fingerprint density at radius 3 is 2.53 bits per heavy atom. The first-order chi connectivity index (χ1) is 8.98. The molecule has 0 aliphatic rings. The third-order valence-corrected chi connectivity index (χ3v) is 4.25. The topological polar surface area (TPSA) is 49.3 Å². The molecule has 1 aromatic rings. The number of nitrogens with one attached hydrogen (secondary N) is 1. The van der Waals surface area contributed by atoms with E-state index in [4.69, 9.17) is 0 Å². The van der Waals surface area contributed by atoms with Crippen molar-refractivity contribution in [3.63, 3.8) is 0 Å². The summed E-state index contributed by atoms with van der Waals surface area (Å²) in [6.45, 7) is 6.44. The van der Waals surface area contributed by atoms with Gasteiger partial charge in [0.1, 0.15) is 5.54 Å². The van der Waals surface area contributed by atoms with Crippen molar-refractivity contribution in [3.8, 4) is 0 Å². The molecule has 4 heteroatoms. The molecule has 0 heterocycles. The lowest BCUT2D eigenvalue weighted by Gasteiger charge is -2.25. The van der Waals surface area contributed by atoms with E-state index in [-0.39, 0.29) is 0 Å². The standard InChI is InChI=1S/C15H23NO2S/c1-4-16-15(3,14(17)18)10-5-11-19-13-8-6-12(2)7-9-13/h6-9,16H,4-5,10-11H2,1-3H3,(H,17,18). The van der Waals surface area contributed by atoms with Gasteiger partial charge >= 0.3 is 5.97 Å². The summed E-state index contributed by atoms with van der Waals surface area (Å²) in [6.07, 6.45) is 1.53. The first kappa shape index (κ1) is 16.1. The predicted molar refractivity (Wildman–Crippen MR) is 80.9 cm³/mol. The van der Waals surface area contributed by atoms with Crippen molar-refractivity contribution in [2.45, 2.75) is 44.0 Å². The van der Waals surface area contributed by atoms with Crippen LogP contribution in [-0.2, 0) is 4.79 Å². The summed E-state index contributed by atoms with van der Waals surface area (Å²) in [4.78, 5) is 12.5. The second-order valence-electron chi connectivity index (χ2n) is 4.93. The predicted octanol–water partition coefficient (Wildman–Crippen LogP) is 3.32. The van der Waals surface area contributed by atoms with Crippen molar-refractivity contribution in [1.82, 2.24) is 5.32 Å². The van der Waals surface area contributed by atoms with Gasteiger partial charge in [-0.2, -0.15) is 0 Å². The zero-order valence-electron chi connectivity index (χ0n) is 11.9. The lowest BCUT2D eigenvalue weighted by Crippen LogP contribution is -2.49.